The van der Waals surface area contributed by atoms with Crippen LogP contribution in [0, 0.1) is 0 Å². The molecule has 0 saturated carbocycles. The molecule has 0 radical (unpaired) electrons. The highest BCUT2D eigenvalue weighted by atomic mass is 35.5. The van der Waals surface area contributed by atoms with Crippen LogP contribution in [0.4, 0.5) is 0 Å². The Morgan fingerprint density at radius 1 is 1.19 bits per heavy atom. The van der Waals surface area contributed by atoms with E-state index in [4.69, 9.17) is 11.6 Å². The highest BCUT2D eigenvalue weighted by molar-refractivity contribution is 6.18. The van der Waals surface area contributed by atoms with Crippen molar-refractivity contribution < 1.29 is 0 Å². The molecule has 0 aliphatic rings. The van der Waals surface area contributed by atoms with Crippen molar-refractivity contribution in [2.24, 2.45) is 0 Å². The Bertz CT molecular complexity index is 295. The first-order valence-corrected chi connectivity index (χ1v) is 6.37. The quantitative estimate of drug-likeness (QED) is 0.517. The Kier molecular flexibility index (Phi) is 6.95. The van der Waals surface area contributed by atoms with Gasteiger partial charge in [-0.15, -0.1) is 11.6 Å². The third-order valence-corrected chi connectivity index (χ3v) is 2.59. The third kappa shape index (κ3) is 5.34. The zero-order chi connectivity index (χ0) is 11.6. The van der Waals surface area contributed by atoms with Crippen molar-refractivity contribution in [1.82, 2.24) is 4.90 Å². The molecule has 0 amide bonds. The minimum atomic E-state index is 0.602. The van der Waals surface area contributed by atoms with E-state index >= 15 is 0 Å². The van der Waals surface area contributed by atoms with E-state index in [0.29, 0.717) is 5.88 Å². The minimum absolute atomic E-state index is 0.602. The molecule has 0 aliphatic carbocycles. The number of halogens is 1. The maximum absolute atomic E-state index is 5.62. The summed E-state index contributed by atoms with van der Waals surface area (Å²) in [4.78, 5) is 2.43. The summed E-state index contributed by atoms with van der Waals surface area (Å²) >= 11 is 5.62. The molecule has 0 unspecified atom stereocenters. The molecule has 0 aromatic heterocycles. The van der Waals surface area contributed by atoms with Crippen molar-refractivity contribution in [2.75, 3.05) is 19.0 Å². The SMILES string of the molecule is CCCN(C/C=C/CCl)Cc1ccccc1. The number of nitrogens with zero attached hydrogens (tertiary/aromatic N) is 1. The lowest BCUT2D eigenvalue weighted by Gasteiger charge is -2.19. The van der Waals surface area contributed by atoms with Gasteiger partial charge in [-0.25, -0.2) is 0 Å². The lowest BCUT2D eigenvalue weighted by molar-refractivity contribution is 0.295. The Labute approximate surface area is 104 Å². The van der Waals surface area contributed by atoms with Crippen molar-refractivity contribution in [3.8, 4) is 0 Å². The number of rotatable bonds is 7. The van der Waals surface area contributed by atoms with Gasteiger partial charge in [-0.05, 0) is 18.5 Å². The average Bonchev–Trinajstić information content (AvgIpc) is 2.31. The van der Waals surface area contributed by atoms with Gasteiger partial charge in [0, 0.05) is 19.0 Å². The van der Waals surface area contributed by atoms with Gasteiger partial charge in [0.2, 0.25) is 0 Å². The number of alkyl halides is 1. The molecule has 1 aromatic rings. The first-order chi connectivity index (χ1) is 7.86. The zero-order valence-electron chi connectivity index (χ0n) is 9.90. The second-order valence-electron chi connectivity index (χ2n) is 3.85. The molecule has 88 valence electrons. The van der Waals surface area contributed by atoms with Crippen LogP contribution in [-0.4, -0.2) is 23.9 Å². The normalized spacial score (nSPS) is 11.4. The molecule has 0 atom stereocenters. The van der Waals surface area contributed by atoms with Gasteiger partial charge in [-0.1, -0.05) is 49.4 Å². The van der Waals surface area contributed by atoms with Gasteiger partial charge in [-0.3, -0.25) is 4.90 Å². The van der Waals surface area contributed by atoms with E-state index in [2.05, 4.69) is 48.2 Å². The number of benzene rings is 1. The molecule has 0 N–H and O–H groups in total. The molecule has 0 aliphatic heterocycles. The summed E-state index contributed by atoms with van der Waals surface area (Å²) in [5.41, 5.74) is 1.37. The summed E-state index contributed by atoms with van der Waals surface area (Å²) in [7, 11) is 0. The van der Waals surface area contributed by atoms with Crippen LogP contribution in [0.25, 0.3) is 0 Å². The van der Waals surface area contributed by atoms with Crippen LogP contribution in [0.15, 0.2) is 42.5 Å². The van der Waals surface area contributed by atoms with Crippen molar-refractivity contribution in [3.05, 3.63) is 48.0 Å². The second kappa shape index (κ2) is 8.37. The molecule has 2 heteroatoms. The Morgan fingerprint density at radius 3 is 2.56 bits per heavy atom. The maximum Gasteiger partial charge on any atom is 0.0404 e. The summed E-state index contributed by atoms with van der Waals surface area (Å²) in [5.74, 6) is 0.602. The molecule has 1 aromatic carbocycles. The lowest BCUT2D eigenvalue weighted by atomic mass is 10.2. The van der Waals surface area contributed by atoms with Crippen LogP contribution in [0.1, 0.15) is 18.9 Å². The van der Waals surface area contributed by atoms with E-state index in [1.54, 1.807) is 0 Å². The molecular formula is C14H20ClN. The van der Waals surface area contributed by atoms with Crippen LogP contribution in [0.3, 0.4) is 0 Å². The predicted molar refractivity (Wildman–Crippen MR) is 71.9 cm³/mol. The molecule has 0 fully saturated rings. The minimum Gasteiger partial charge on any atom is -0.295 e. The highest BCUT2D eigenvalue weighted by Gasteiger charge is 2.02. The number of allylic oxidation sites excluding steroid dienone is 1. The van der Waals surface area contributed by atoms with E-state index < -0.39 is 0 Å². The van der Waals surface area contributed by atoms with E-state index in [1.807, 2.05) is 6.08 Å². The summed E-state index contributed by atoms with van der Waals surface area (Å²) in [5, 5.41) is 0. The van der Waals surface area contributed by atoms with Gasteiger partial charge in [0.25, 0.3) is 0 Å². The first-order valence-electron chi connectivity index (χ1n) is 5.84. The maximum atomic E-state index is 5.62. The predicted octanol–water partition coefficient (Wildman–Crippen LogP) is 3.69. The fourth-order valence-electron chi connectivity index (χ4n) is 1.68. The van der Waals surface area contributed by atoms with Gasteiger partial charge in [-0.2, -0.15) is 0 Å². The van der Waals surface area contributed by atoms with E-state index in [-0.39, 0.29) is 0 Å². The summed E-state index contributed by atoms with van der Waals surface area (Å²) < 4.78 is 0. The lowest BCUT2D eigenvalue weighted by Crippen LogP contribution is -2.24. The van der Waals surface area contributed by atoms with Crippen molar-refractivity contribution in [2.45, 2.75) is 19.9 Å². The van der Waals surface area contributed by atoms with Gasteiger partial charge in [0.15, 0.2) is 0 Å². The Morgan fingerprint density at radius 2 is 1.94 bits per heavy atom. The Balaban J connectivity index is 2.47. The fraction of sp³-hybridized carbons (Fsp3) is 0.429. The van der Waals surface area contributed by atoms with Gasteiger partial charge in [0.05, 0.1) is 0 Å². The number of hydrogen-bond donors (Lipinski definition) is 0. The van der Waals surface area contributed by atoms with Crippen molar-refractivity contribution >= 4 is 11.6 Å². The average molecular weight is 238 g/mol. The van der Waals surface area contributed by atoms with Crippen molar-refractivity contribution in [1.29, 1.82) is 0 Å². The van der Waals surface area contributed by atoms with Gasteiger partial charge >= 0.3 is 0 Å². The van der Waals surface area contributed by atoms with E-state index in [1.165, 1.54) is 12.0 Å². The van der Waals surface area contributed by atoms with Crippen LogP contribution in [-0.2, 0) is 6.54 Å². The molecule has 16 heavy (non-hydrogen) atoms. The topological polar surface area (TPSA) is 3.24 Å². The van der Waals surface area contributed by atoms with E-state index in [9.17, 15) is 0 Å². The highest BCUT2D eigenvalue weighted by Crippen LogP contribution is 2.05. The van der Waals surface area contributed by atoms with Crippen molar-refractivity contribution in [3.63, 3.8) is 0 Å². The van der Waals surface area contributed by atoms with Crippen LogP contribution < -0.4 is 0 Å². The first kappa shape index (κ1) is 13.3. The largest absolute Gasteiger partial charge is 0.295 e. The zero-order valence-corrected chi connectivity index (χ0v) is 10.7. The van der Waals surface area contributed by atoms with Gasteiger partial charge < -0.3 is 0 Å². The summed E-state index contributed by atoms with van der Waals surface area (Å²) in [6.45, 7) is 5.33. The molecule has 1 nitrogen and oxygen atoms in total. The smallest absolute Gasteiger partial charge is 0.0404 e. The standard InChI is InChI=1S/C14H20ClN/c1-2-11-16(12-7-6-10-15)13-14-8-4-3-5-9-14/h3-9H,2,10-13H2,1H3/b7-6+. The second-order valence-corrected chi connectivity index (χ2v) is 4.16. The molecule has 0 heterocycles. The molecule has 0 saturated heterocycles. The fourth-order valence-corrected chi connectivity index (χ4v) is 1.81. The van der Waals surface area contributed by atoms with Crippen LogP contribution in [0.2, 0.25) is 0 Å². The van der Waals surface area contributed by atoms with E-state index in [0.717, 1.165) is 19.6 Å². The summed E-state index contributed by atoms with van der Waals surface area (Å²) in [6.07, 6.45) is 5.34. The summed E-state index contributed by atoms with van der Waals surface area (Å²) in [6, 6.07) is 10.6. The molecule has 0 spiro atoms. The monoisotopic (exact) mass is 237 g/mol. The number of hydrogen-bond acceptors (Lipinski definition) is 1. The molecular weight excluding hydrogens is 218 g/mol. The molecule has 1 rings (SSSR count). The van der Waals surface area contributed by atoms with Crippen LogP contribution in [0.5, 0.6) is 0 Å². The third-order valence-electron chi connectivity index (χ3n) is 2.41. The Hall–Kier alpha value is -0.790. The molecule has 0 bridgehead atoms. The van der Waals surface area contributed by atoms with Crippen LogP contribution >= 0.6 is 11.6 Å². The van der Waals surface area contributed by atoms with Gasteiger partial charge in [0.1, 0.15) is 0 Å².